The molecule has 2 aromatic carbocycles. The predicted octanol–water partition coefficient (Wildman–Crippen LogP) is 4.49. The minimum absolute atomic E-state index is 0.00104. The first kappa shape index (κ1) is 24.2. The number of methoxy groups -OCH3 is 2. The highest BCUT2D eigenvalue weighted by atomic mass is 16.5. The molecule has 6 rings (SSSR count). The second-order valence-corrected chi connectivity index (χ2v) is 10.5. The molecule has 3 unspecified atom stereocenters. The molecule has 0 aliphatic carbocycles. The van der Waals surface area contributed by atoms with Crippen LogP contribution in [-0.2, 0) is 12.1 Å². The van der Waals surface area contributed by atoms with Crippen LogP contribution in [0.1, 0.15) is 43.5 Å². The molecule has 3 aromatic rings. The van der Waals surface area contributed by atoms with Gasteiger partial charge in [-0.15, -0.1) is 0 Å². The van der Waals surface area contributed by atoms with Crippen LogP contribution in [0, 0.1) is 5.92 Å². The summed E-state index contributed by atoms with van der Waals surface area (Å²) in [5.74, 6) is 3.48. The van der Waals surface area contributed by atoms with Crippen molar-refractivity contribution < 1.29 is 18.8 Å². The van der Waals surface area contributed by atoms with Gasteiger partial charge in [0, 0.05) is 12.5 Å². The Hall–Kier alpha value is -4.14. The van der Waals surface area contributed by atoms with Gasteiger partial charge in [0.05, 0.1) is 26.8 Å². The van der Waals surface area contributed by atoms with E-state index in [1.54, 1.807) is 20.5 Å². The minimum atomic E-state index is -0.786. The van der Waals surface area contributed by atoms with Crippen LogP contribution < -0.4 is 9.47 Å². The van der Waals surface area contributed by atoms with Gasteiger partial charge < -0.3 is 19.4 Å². The molecule has 2 saturated heterocycles. The van der Waals surface area contributed by atoms with E-state index < -0.39 is 5.54 Å². The van der Waals surface area contributed by atoms with Crippen molar-refractivity contribution in [3.05, 3.63) is 71.7 Å². The van der Waals surface area contributed by atoms with Crippen molar-refractivity contribution in [1.29, 1.82) is 0 Å². The van der Waals surface area contributed by atoms with Gasteiger partial charge in [-0.3, -0.25) is 4.90 Å². The molecule has 0 radical (unpaired) electrons. The number of H-pyrrole nitrogens is 1. The summed E-state index contributed by atoms with van der Waals surface area (Å²) in [4.78, 5) is 31.0. The molecule has 0 bridgehead atoms. The van der Waals surface area contributed by atoms with Gasteiger partial charge in [-0.2, -0.15) is 0 Å². The number of nitrogens with zero attached hydrogens (tertiary/aromatic N) is 5. The normalized spacial score (nSPS) is 22.6. The number of carbonyl (C=O) groups is 1. The molecular weight excluding hydrogens is 480 g/mol. The average molecular weight is 514 g/mol. The first-order chi connectivity index (χ1) is 18.4. The molecule has 1 spiro atoms. The van der Waals surface area contributed by atoms with Crippen molar-refractivity contribution in [1.82, 2.24) is 19.8 Å². The summed E-state index contributed by atoms with van der Waals surface area (Å²) >= 11 is 0. The Morgan fingerprint density at radius 2 is 1.71 bits per heavy atom. The van der Waals surface area contributed by atoms with Gasteiger partial charge in [-0.25, -0.2) is 9.37 Å². The molecule has 4 heterocycles. The maximum absolute atomic E-state index is 14.0. The largest absolute Gasteiger partial charge is 0.497 e. The Morgan fingerprint density at radius 1 is 1.05 bits per heavy atom. The number of ether oxygens (including phenoxy) is 2. The van der Waals surface area contributed by atoms with E-state index in [-0.39, 0.29) is 18.0 Å². The molecule has 2 fully saturated rings. The Labute approximate surface area is 222 Å². The maximum Gasteiger partial charge on any atom is 0.328 e. The lowest BCUT2D eigenvalue weighted by molar-refractivity contribution is -0.489. The average Bonchev–Trinajstić information content (AvgIpc) is 3.41. The van der Waals surface area contributed by atoms with Crippen LogP contribution in [0.25, 0.3) is 0 Å². The summed E-state index contributed by atoms with van der Waals surface area (Å²) in [6, 6.07) is 16.0. The molecule has 9 nitrogen and oxygen atoms in total. The number of aromatic amines is 1. The molecule has 196 valence electrons. The smallest absolute Gasteiger partial charge is 0.328 e. The minimum Gasteiger partial charge on any atom is -0.497 e. The molecule has 3 aliphatic heterocycles. The fourth-order valence-corrected chi connectivity index (χ4v) is 5.86. The highest BCUT2D eigenvalue weighted by Crippen LogP contribution is 2.58. The number of benzene rings is 2. The quantitative estimate of drug-likeness (QED) is 0.472. The van der Waals surface area contributed by atoms with Crippen molar-refractivity contribution in [2.75, 3.05) is 20.8 Å². The lowest BCUT2D eigenvalue weighted by Crippen LogP contribution is -2.63. The third kappa shape index (κ3) is 3.37. The Balaban J connectivity index is 1.50. The monoisotopic (exact) mass is 513 g/mol. The van der Waals surface area contributed by atoms with E-state index in [1.807, 2.05) is 52.5 Å². The third-order valence-corrected chi connectivity index (χ3v) is 8.32. The summed E-state index contributed by atoms with van der Waals surface area (Å²) < 4.78 is 12.9. The van der Waals surface area contributed by atoms with E-state index in [1.165, 1.54) is 0 Å². The van der Waals surface area contributed by atoms with E-state index >= 15 is 0 Å². The number of amidine groups is 1. The fourth-order valence-electron chi connectivity index (χ4n) is 5.86. The highest BCUT2D eigenvalue weighted by Gasteiger charge is 2.72. The van der Waals surface area contributed by atoms with Gasteiger partial charge in [0.25, 0.3) is 5.82 Å². The van der Waals surface area contributed by atoms with E-state index in [9.17, 15) is 4.79 Å². The molecule has 9 heteroatoms. The summed E-state index contributed by atoms with van der Waals surface area (Å²) in [5.41, 5.74) is 2.24. The first-order valence-corrected chi connectivity index (χ1v) is 13.0. The van der Waals surface area contributed by atoms with Crippen molar-refractivity contribution in [2.45, 2.75) is 44.8 Å². The van der Waals surface area contributed by atoms with Gasteiger partial charge in [-0.05, 0) is 48.2 Å². The Bertz CT molecular complexity index is 1430. The zero-order chi connectivity index (χ0) is 26.6. The summed E-state index contributed by atoms with van der Waals surface area (Å²) in [7, 11) is 3.31. The fraction of sp³-hybridized carbons (Fsp3) is 0.379. The molecule has 1 aromatic heterocycles. The zero-order valence-corrected chi connectivity index (χ0v) is 22.4. The summed E-state index contributed by atoms with van der Waals surface area (Å²) in [6.45, 7) is 7.56. The predicted molar refractivity (Wildman–Crippen MR) is 144 cm³/mol. The van der Waals surface area contributed by atoms with Gasteiger partial charge in [0.15, 0.2) is 11.9 Å². The SMILES string of the molecule is COc1ccc(CN2C(=O)N3CC(c4ccc(OC)cc4)C34C2=NC=[N+](C(C)C(C)C)c2nc[nH]c24)cc1. The van der Waals surface area contributed by atoms with Crippen molar-refractivity contribution in [3.8, 4) is 11.5 Å². The van der Waals surface area contributed by atoms with Gasteiger partial charge in [0.1, 0.15) is 17.2 Å². The molecule has 3 atom stereocenters. The number of imidazole rings is 1. The molecular formula is C29H33N6O3+. The van der Waals surface area contributed by atoms with Crippen LogP contribution in [0.3, 0.4) is 0 Å². The number of hydrogen-bond acceptors (Lipinski definition) is 5. The molecule has 3 aliphatic rings. The number of aliphatic imine (C=N–C) groups is 1. The van der Waals surface area contributed by atoms with E-state index in [4.69, 9.17) is 19.5 Å². The highest BCUT2D eigenvalue weighted by molar-refractivity contribution is 6.14. The number of urea groups is 1. The number of hydrogen-bond donors (Lipinski definition) is 1. The van der Waals surface area contributed by atoms with Crippen LogP contribution in [0.4, 0.5) is 10.6 Å². The second kappa shape index (κ2) is 9.01. The van der Waals surface area contributed by atoms with Crippen LogP contribution in [0.5, 0.6) is 11.5 Å². The number of carbonyl (C=O) groups excluding carboxylic acids is 1. The van der Waals surface area contributed by atoms with Gasteiger partial charge in [0.2, 0.25) is 12.2 Å². The third-order valence-electron chi connectivity index (χ3n) is 8.32. The number of fused-ring (bicyclic) bond motifs is 1. The topological polar surface area (TPSA) is 86.1 Å². The first-order valence-electron chi connectivity index (χ1n) is 13.0. The Kier molecular flexibility index (Phi) is 5.74. The van der Waals surface area contributed by atoms with Gasteiger partial charge >= 0.3 is 6.03 Å². The van der Waals surface area contributed by atoms with Gasteiger partial charge in [-0.1, -0.05) is 48.1 Å². The standard InChI is InChI=1S/C29H33N6O3/c1-18(2)19(3)34-17-32-27-29(25-26(34)31-16-30-25)24(21-8-12-23(38-5)13-9-21)15-35(29)28(36)33(27)14-20-6-10-22(37-4)11-7-20/h6-13,16-19,24H,14-15H2,1-5H3,(H,30,31)/q+1. The number of amides is 2. The summed E-state index contributed by atoms with van der Waals surface area (Å²) in [5, 5.41) is 0. The van der Waals surface area contributed by atoms with Crippen LogP contribution >= 0.6 is 0 Å². The number of aromatic nitrogens is 2. The van der Waals surface area contributed by atoms with Crippen LogP contribution in [0.15, 0.2) is 59.9 Å². The van der Waals surface area contributed by atoms with Crippen molar-refractivity contribution in [2.24, 2.45) is 10.9 Å². The van der Waals surface area contributed by atoms with Crippen LogP contribution in [-0.4, -0.2) is 69.4 Å². The van der Waals surface area contributed by atoms with Crippen molar-refractivity contribution in [3.63, 3.8) is 0 Å². The lowest BCUT2D eigenvalue weighted by atomic mass is 9.68. The van der Waals surface area contributed by atoms with E-state index in [0.29, 0.717) is 24.8 Å². The Morgan fingerprint density at radius 3 is 2.34 bits per heavy atom. The van der Waals surface area contributed by atoms with E-state index in [0.717, 1.165) is 34.1 Å². The maximum atomic E-state index is 14.0. The second-order valence-electron chi connectivity index (χ2n) is 10.5. The molecule has 0 saturated carbocycles. The summed E-state index contributed by atoms with van der Waals surface area (Å²) in [6.07, 6.45) is 3.59. The molecule has 38 heavy (non-hydrogen) atoms. The molecule has 1 N–H and O–H groups in total. The lowest BCUT2D eigenvalue weighted by Gasteiger charge is -2.51. The van der Waals surface area contributed by atoms with Crippen molar-refractivity contribution >= 4 is 24.0 Å². The van der Waals surface area contributed by atoms with E-state index in [2.05, 4.69) is 42.5 Å². The molecule has 2 amide bonds. The zero-order valence-electron chi connectivity index (χ0n) is 22.4. The number of nitrogens with one attached hydrogen (secondary N) is 1. The number of rotatable bonds is 7. The van der Waals surface area contributed by atoms with Crippen LogP contribution in [0.2, 0.25) is 0 Å².